The summed E-state index contributed by atoms with van der Waals surface area (Å²) < 4.78 is 28.4. The number of nitrogens with one attached hydrogen (secondary N) is 1. The van der Waals surface area contributed by atoms with Gasteiger partial charge in [0, 0.05) is 29.2 Å². The van der Waals surface area contributed by atoms with E-state index in [1.54, 1.807) is 4.90 Å². The van der Waals surface area contributed by atoms with Crippen molar-refractivity contribution in [3.63, 3.8) is 0 Å². The molecule has 3 nitrogen and oxygen atoms in total. The minimum absolute atomic E-state index is 0.00620. The van der Waals surface area contributed by atoms with Crippen molar-refractivity contribution in [2.45, 2.75) is 25.0 Å². The Morgan fingerprint density at radius 3 is 2.45 bits per heavy atom. The van der Waals surface area contributed by atoms with Gasteiger partial charge in [-0.1, -0.05) is 13.8 Å². The highest BCUT2D eigenvalue weighted by Crippen LogP contribution is 2.34. The fourth-order valence-electron chi connectivity index (χ4n) is 2.27. The molecule has 0 atom stereocenters. The van der Waals surface area contributed by atoms with Crippen molar-refractivity contribution in [2.24, 2.45) is 5.73 Å². The average Bonchev–Trinajstić information content (AvgIpc) is 2.50. The first-order chi connectivity index (χ1) is 9.30. The molecule has 0 unspecified atom stereocenters. The molecule has 1 aliphatic rings. The molecule has 0 amide bonds. The van der Waals surface area contributed by atoms with E-state index in [9.17, 15) is 8.78 Å². The Morgan fingerprint density at radius 2 is 1.90 bits per heavy atom. The van der Waals surface area contributed by atoms with E-state index in [1.807, 2.05) is 11.8 Å². The van der Waals surface area contributed by atoms with Crippen LogP contribution in [-0.4, -0.2) is 29.4 Å². The predicted molar refractivity (Wildman–Crippen MR) is 80.7 cm³/mol. The van der Waals surface area contributed by atoms with Gasteiger partial charge in [0.1, 0.15) is 23.2 Å². The lowest BCUT2D eigenvalue weighted by molar-refractivity contribution is 0.562. The second kappa shape index (κ2) is 5.60. The largest absolute Gasteiger partial charge is 0.384 e. The van der Waals surface area contributed by atoms with Crippen LogP contribution in [0.2, 0.25) is 0 Å². The topological polar surface area (TPSA) is 53.1 Å². The number of rotatable bonds is 2. The van der Waals surface area contributed by atoms with Gasteiger partial charge in [-0.3, -0.25) is 5.41 Å². The van der Waals surface area contributed by atoms with E-state index in [4.69, 9.17) is 11.1 Å². The third-order valence-corrected chi connectivity index (χ3v) is 4.85. The molecule has 1 heterocycles. The lowest BCUT2D eigenvalue weighted by Gasteiger charge is -2.25. The third-order valence-electron chi connectivity index (χ3n) is 3.48. The average molecular weight is 299 g/mol. The summed E-state index contributed by atoms with van der Waals surface area (Å²) in [5, 5.41) is 7.26. The molecule has 110 valence electrons. The van der Waals surface area contributed by atoms with Gasteiger partial charge < -0.3 is 10.6 Å². The number of hydrogen-bond donors (Lipinski definition) is 2. The first-order valence-corrected chi connectivity index (χ1v) is 7.51. The first kappa shape index (κ1) is 15.1. The van der Waals surface area contributed by atoms with E-state index < -0.39 is 11.6 Å². The van der Waals surface area contributed by atoms with Crippen molar-refractivity contribution in [2.75, 3.05) is 23.7 Å². The molecule has 0 aliphatic carbocycles. The molecule has 1 fully saturated rings. The second-order valence-electron chi connectivity index (χ2n) is 5.55. The second-order valence-corrected chi connectivity index (χ2v) is 7.35. The molecule has 0 spiro atoms. The third kappa shape index (κ3) is 3.23. The molecule has 0 saturated carbocycles. The normalized spacial score (nSPS) is 18.7. The van der Waals surface area contributed by atoms with E-state index in [2.05, 4.69) is 13.8 Å². The minimum Gasteiger partial charge on any atom is -0.384 e. The summed E-state index contributed by atoms with van der Waals surface area (Å²) in [7, 11) is 0. The zero-order chi connectivity index (χ0) is 14.9. The van der Waals surface area contributed by atoms with Crippen LogP contribution < -0.4 is 10.6 Å². The van der Waals surface area contributed by atoms with Gasteiger partial charge in [0.25, 0.3) is 0 Å². The maximum Gasteiger partial charge on any atom is 0.150 e. The molecular weight excluding hydrogens is 280 g/mol. The molecule has 0 bridgehead atoms. The maximum atomic E-state index is 14.1. The van der Waals surface area contributed by atoms with Crippen LogP contribution in [0.4, 0.5) is 14.5 Å². The van der Waals surface area contributed by atoms with E-state index in [0.29, 0.717) is 13.1 Å². The van der Waals surface area contributed by atoms with E-state index >= 15 is 0 Å². The fourth-order valence-corrected chi connectivity index (χ4v) is 3.37. The van der Waals surface area contributed by atoms with Crippen LogP contribution in [0, 0.1) is 17.0 Å². The van der Waals surface area contributed by atoms with Crippen molar-refractivity contribution >= 4 is 23.3 Å². The van der Waals surface area contributed by atoms with Crippen LogP contribution in [0.3, 0.4) is 0 Å². The fraction of sp³-hybridized carbons (Fsp3) is 0.500. The van der Waals surface area contributed by atoms with Crippen molar-refractivity contribution in [1.29, 1.82) is 5.41 Å². The zero-order valence-electron chi connectivity index (χ0n) is 11.7. The summed E-state index contributed by atoms with van der Waals surface area (Å²) in [5.41, 5.74) is 5.34. The van der Waals surface area contributed by atoms with Crippen molar-refractivity contribution < 1.29 is 8.78 Å². The zero-order valence-corrected chi connectivity index (χ0v) is 12.5. The molecule has 3 N–H and O–H groups in total. The molecular formula is C14H19F2N3S. The summed E-state index contributed by atoms with van der Waals surface area (Å²) in [6, 6.07) is 2.26. The van der Waals surface area contributed by atoms with Gasteiger partial charge in [0.15, 0.2) is 0 Å². The number of benzene rings is 1. The van der Waals surface area contributed by atoms with E-state index in [0.717, 1.165) is 24.3 Å². The van der Waals surface area contributed by atoms with Crippen molar-refractivity contribution in [1.82, 2.24) is 0 Å². The molecule has 2 rings (SSSR count). The molecule has 1 saturated heterocycles. The maximum absolute atomic E-state index is 14.1. The summed E-state index contributed by atoms with van der Waals surface area (Å²) in [6.45, 7) is 5.52. The summed E-state index contributed by atoms with van der Waals surface area (Å²) in [6.07, 6.45) is 0.866. The summed E-state index contributed by atoms with van der Waals surface area (Å²) in [4.78, 5) is 1.75. The molecule has 1 aromatic carbocycles. The number of halogens is 2. The monoisotopic (exact) mass is 299 g/mol. The van der Waals surface area contributed by atoms with Crippen LogP contribution in [0.25, 0.3) is 0 Å². The lowest BCUT2D eigenvalue weighted by Crippen LogP contribution is -2.29. The summed E-state index contributed by atoms with van der Waals surface area (Å²) >= 11 is 1.82. The van der Waals surface area contributed by atoms with E-state index in [-0.39, 0.29) is 21.8 Å². The van der Waals surface area contributed by atoms with Crippen LogP contribution >= 0.6 is 11.8 Å². The molecule has 0 radical (unpaired) electrons. The van der Waals surface area contributed by atoms with Gasteiger partial charge in [0.2, 0.25) is 0 Å². The lowest BCUT2D eigenvalue weighted by atomic mass is 10.1. The predicted octanol–water partition coefficient (Wildman–Crippen LogP) is 2.97. The van der Waals surface area contributed by atoms with Crippen molar-refractivity contribution in [3.8, 4) is 0 Å². The van der Waals surface area contributed by atoms with Gasteiger partial charge >= 0.3 is 0 Å². The molecule has 0 aromatic heterocycles. The minimum atomic E-state index is -0.653. The molecule has 20 heavy (non-hydrogen) atoms. The Bertz CT molecular complexity index is 508. The van der Waals surface area contributed by atoms with Crippen LogP contribution in [0.1, 0.15) is 25.8 Å². The Labute approximate surface area is 122 Å². The van der Waals surface area contributed by atoms with Gasteiger partial charge in [-0.05, 0) is 18.6 Å². The molecule has 1 aromatic rings. The number of thioether (sulfide) groups is 1. The Morgan fingerprint density at radius 1 is 1.30 bits per heavy atom. The Balaban J connectivity index is 2.31. The number of anilines is 1. The smallest absolute Gasteiger partial charge is 0.150 e. The highest BCUT2D eigenvalue weighted by atomic mass is 32.2. The van der Waals surface area contributed by atoms with Crippen molar-refractivity contribution in [3.05, 3.63) is 29.3 Å². The Hall–Kier alpha value is -1.30. The standard InChI is InChI=1S/C14H19F2N3S/c1-14(2)3-4-19(5-6-20-14)12-10(15)7-9(13(17)18)8-11(12)16/h7-8H,3-6H2,1-2H3,(H3,17,18). The quantitative estimate of drug-likeness (QED) is 0.652. The van der Waals surface area contributed by atoms with Gasteiger partial charge in [-0.15, -0.1) is 0 Å². The number of nitrogen functional groups attached to an aromatic ring is 1. The number of hydrogen-bond acceptors (Lipinski definition) is 3. The van der Waals surface area contributed by atoms with Gasteiger partial charge in [0.05, 0.1) is 0 Å². The number of nitrogens with two attached hydrogens (primary N) is 1. The number of nitrogens with zero attached hydrogens (tertiary/aromatic N) is 1. The first-order valence-electron chi connectivity index (χ1n) is 6.52. The summed E-state index contributed by atoms with van der Waals surface area (Å²) in [5.74, 6) is -0.804. The molecule has 6 heteroatoms. The number of amidine groups is 1. The highest BCUT2D eigenvalue weighted by molar-refractivity contribution is 8.00. The van der Waals surface area contributed by atoms with Crippen LogP contribution in [0.15, 0.2) is 12.1 Å². The molecule has 1 aliphatic heterocycles. The van der Waals surface area contributed by atoms with Gasteiger partial charge in [-0.2, -0.15) is 11.8 Å². The highest BCUT2D eigenvalue weighted by Gasteiger charge is 2.26. The SMILES string of the molecule is CC1(C)CCN(c2c(F)cc(C(=N)N)cc2F)CCS1. The Kier molecular flexibility index (Phi) is 4.22. The van der Waals surface area contributed by atoms with Crippen LogP contribution in [-0.2, 0) is 0 Å². The van der Waals surface area contributed by atoms with Crippen LogP contribution in [0.5, 0.6) is 0 Å². The van der Waals surface area contributed by atoms with E-state index in [1.165, 1.54) is 0 Å². The van der Waals surface area contributed by atoms with Gasteiger partial charge in [-0.25, -0.2) is 8.78 Å².